The van der Waals surface area contributed by atoms with Crippen LogP contribution in [0.15, 0.2) is 24.3 Å². The lowest BCUT2D eigenvalue weighted by molar-refractivity contribution is -0.143. The van der Waals surface area contributed by atoms with Gasteiger partial charge in [0.2, 0.25) is 11.8 Å². The highest BCUT2D eigenvalue weighted by Gasteiger charge is 2.60. The molecule has 5 nitrogen and oxygen atoms in total. The van der Waals surface area contributed by atoms with E-state index in [9.17, 15) is 9.59 Å². The first-order valence-electron chi connectivity index (χ1n) is 12.6. The summed E-state index contributed by atoms with van der Waals surface area (Å²) >= 11 is 0. The summed E-state index contributed by atoms with van der Waals surface area (Å²) in [6.45, 7) is 7.02. The van der Waals surface area contributed by atoms with E-state index >= 15 is 0 Å². The highest BCUT2D eigenvalue weighted by molar-refractivity contribution is 5.91. The van der Waals surface area contributed by atoms with Crippen molar-refractivity contribution >= 4 is 17.5 Å². The van der Waals surface area contributed by atoms with Crippen LogP contribution in [0.1, 0.15) is 70.8 Å². The molecule has 32 heavy (non-hydrogen) atoms. The van der Waals surface area contributed by atoms with Crippen LogP contribution in [0.25, 0.3) is 0 Å². The van der Waals surface area contributed by atoms with Crippen LogP contribution in [0, 0.1) is 35.5 Å². The van der Waals surface area contributed by atoms with Crippen molar-refractivity contribution in [3.63, 3.8) is 0 Å². The number of rotatable bonds is 4. The van der Waals surface area contributed by atoms with Crippen molar-refractivity contribution in [1.29, 1.82) is 0 Å². The van der Waals surface area contributed by atoms with E-state index in [1.807, 2.05) is 31.2 Å². The minimum absolute atomic E-state index is 0.0689. The second kappa shape index (κ2) is 8.16. The van der Waals surface area contributed by atoms with Crippen molar-refractivity contribution in [2.45, 2.75) is 84.3 Å². The average molecular weight is 439 g/mol. The van der Waals surface area contributed by atoms with Crippen LogP contribution in [-0.4, -0.2) is 30.6 Å². The largest absolute Gasteiger partial charge is 0.368 e. The molecule has 1 aromatic carbocycles. The van der Waals surface area contributed by atoms with Gasteiger partial charge in [-0.3, -0.25) is 9.59 Å². The number of piperidine rings is 1. The predicted molar refractivity (Wildman–Crippen MR) is 125 cm³/mol. The van der Waals surface area contributed by atoms with E-state index in [0.717, 1.165) is 30.9 Å². The Bertz CT molecular complexity index is 883. The number of carbonyl (C=O) groups is 2. The molecule has 174 valence electrons. The van der Waals surface area contributed by atoms with Gasteiger partial charge in [0.15, 0.2) is 0 Å². The van der Waals surface area contributed by atoms with Gasteiger partial charge in [0, 0.05) is 18.2 Å². The Hall–Kier alpha value is -1.88. The first-order chi connectivity index (χ1) is 15.3. The molecule has 2 N–H and O–H groups in total. The summed E-state index contributed by atoms with van der Waals surface area (Å²) < 4.78 is 6.29. The maximum Gasteiger partial charge on any atom is 0.250 e. The van der Waals surface area contributed by atoms with Gasteiger partial charge in [-0.05, 0) is 92.6 Å². The molecular weight excluding hydrogens is 400 g/mol. The minimum Gasteiger partial charge on any atom is -0.368 e. The van der Waals surface area contributed by atoms with Crippen LogP contribution in [0.3, 0.4) is 0 Å². The molecular formula is C27H38N2O3. The van der Waals surface area contributed by atoms with Crippen LogP contribution < -0.4 is 10.6 Å². The maximum absolute atomic E-state index is 12.5. The number of hydrogen-bond acceptors (Lipinski definition) is 3. The first kappa shape index (κ1) is 21.9. The third kappa shape index (κ3) is 3.67. The number of amides is 2. The van der Waals surface area contributed by atoms with E-state index < -0.39 is 0 Å². The van der Waals surface area contributed by atoms with Gasteiger partial charge in [-0.1, -0.05) is 31.5 Å². The van der Waals surface area contributed by atoms with E-state index in [1.54, 1.807) is 0 Å². The molecule has 0 radical (unpaired) electrons. The van der Waals surface area contributed by atoms with Gasteiger partial charge >= 0.3 is 0 Å². The highest BCUT2D eigenvalue weighted by Crippen LogP contribution is 2.64. The number of aryl methyl sites for hydroxylation is 1. The number of carbonyl (C=O) groups excluding carboxylic acids is 2. The summed E-state index contributed by atoms with van der Waals surface area (Å²) in [7, 11) is 0. The van der Waals surface area contributed by atoms with Crippen molar-refractivity contribution in [1.82, 2.24) is 5.32 Å². The summed E-state index contributed by atoms with van der Waals surface area (Å²) in [5.41, 5.74) is 2.40. The summed E-state index contributed by atoms with van der Waals surface area (Å²) in [4.78, 5) is 24.5. The number of anilines is 1. The molecule has 3 aliphatic carbocycles. The Morgan fingerprint density at radius 3 is 2.56 bits per heavy atom. The standard InChI is InChI=1S/C27H38N2O3/c1-17-4-6-18(7-5-17)28-25(31)16-32-23-11-9-20-19-8-10-22-26(2,15-13-24(30)29-22)21(19)12-14-27(20,23)3/h4-7,19-23H,8-16H2,1-3H3,(H,28,31)(H,29,30)/t19?,20?,21?,22?,23?,26-,27+/m1/s1. The number of hydrogen-bond donors (Lipinski definition) is 2. The lowest BCUT2D eigenvalue weighted by Gasteiger charge is -2.60. The van der Waals surface area contributed by atoms with Crippen LogP contribution in [0.2, 0.25) is 0 Å². The van der Waals surface area contributed by atoms with Gasteiger partial charge in [-0.2, -0.15) is 0 Å². The van der Waals surface area contributed by atoms with E-state index in [1.165, 1.54) is 31.2 Å². The lowest BCUT2D eigenvalue weighted by atomic mass is 9.47. The minimum atomic E-state index is -0.0689. The SMILES string of the molecule is Cc1ccc(NC(=O)COC2CCC3C4CCC5NC(=O)CC[C@]5(C)C4CC[C@]23C)cc1. The van der Waals surface area contributed by atoms with E-state index in [0.29, 0.717) is 24.3 Å². The van der Waals surface area contributed by atoms with Gasteiger partial charge in [0.1, 0.15) is 6.61 Å². The third-order valence-corrected chi connectivity index (χ3v) is 9.76. The highest BCUT2D eigenvalue weighted by atomic mass is 16.5. The topological polar surface area (TPSA) is 67.4 Å². The first-order valence-corrected chi connectivity index (χ1v) is 12.6. The van der Waals surface area contributed by atoms with Crippen LogP contribution in [0.4, 0.5) is 5.69 Å². The number of benzene rings is 1. The number of fused-ring (bicyclic) bond motifs is 5. The van der Waals surface area contributed by atoms with Crippen LogP contribution in [-0.2, 0) is 14.3 Å². The molecule has 0 spiro atoms. The smallest absolute Gasteiger partial charge is 0.250 e. The average Bonchev–Trinajstić information content (AvgIpc) is 3.11. The Morgan fingerprint density at radius 1 is 1.03 bits per heavy atom. The predicted octanol–water partition coefficient (Wildman–Crippen LogP) is 4.84. The van der Waals surface area contributed by atoms with E-state index in [-0.39, 0.29) is 35.4 Å². The van der Waals surface area contributed by atoms with Crippen LogP contribution >= 0.6 is 0 Å². The molecule has 1 saturated heterocycles. The second-order valence-corrected chi connectivity index (χ2v) is 11.4. The molecule has 1 aromatic rings. The molecule has 5 heteroatoms. The molecule has 1 aliphatic heterocycles. The Morgan fingerprint density at radius 2 is 1.78 bits per heavy atom. The van der Waals surface area contributed by atoms with Gasteiger partial charge in [-0.15, -0.1) is 0 Å². The zero-order valence-electron chi connectivity index (χ0n) is 19.8. The molecule has 3 saturated carbocycles. The fourth-order valence-electron chi connectivity index (χ4n) is 7.94. The molecule has 2 amide bonds. The fourth-order valence-corrected chi connectivity index (χ4v) is 7.94. The summed E-state index contributed by atoms with van der Waals surface area (Å²) in [5, 5.41) is 6.28. The Kier molecular flexibility index (Phi) is 5.59. The lowest BCUT2D eigenvalue weighted by Crippen LogP contribution is -2.61. The number of ether oxygens (including phenoxy) is 1. The molecule has 1 heterocycles. The van der Waals surface area contributed by atoms with Gasteiger partial charge < -0.3 is 15.4 Å². The van der Waals surface area contributed by atoms with Crippen molar-refractivity contribution in [2.75, 3.05) is 11.9 Å². The van der Waals surface area contributed by atoms with Crippen molar-refractivity contribution in [3.05, 3.63) is 29.8 Å². The fraction of sp³-hybridized carbons (Fsp3) is 0.704. The quantitative estimate of drug-likeness (QED) is 0.707. The maximum atomic E-state index is 12.5. The summed E-state index contributed by atoms with van der Waals surface area (Å²) in [5.74, 6) is 2.26. The van der Waals surface area contributed by atoms with Crippen LogP contribution in [0.5, 0.6) is 0 Å². The molecule has 0 bridgehead atoms. The van der Waals surface area contributed by atoms with Gasteiger partial charge in [0.25, 0.3) is 0 Å². The molecule has 7 atom stereocenters. The van der Waals surface area contributed by atoms with Crippen molar-refractivity contribution in [2.24, 2.45) is 28.6 Å². The molecule has 5 rings (SSSR count). The third-order valence-electron chi connectivity index (χ3n) is 9.76. The second-order valence-electron chi connectivity index (χ2n) is 11.4. The monoisotopic (exact) mass is 438 g/mol. The molecule has 4 fully saturated rings. The van der Waals surface area contributed by atoms with Gasteiger partial charge in [0.05, 0.1) is 6.10 Å². The normalized spacial score (nSPS) is 40.6. The summed E-state index contributed by atoms with van der Waals surface area (Å²) in [6, 6.07) is 8.24. The molecule has 0 aromatic heterocycles. The summed E-state index contributed by atoms with van der Waals surface area (Å²) in [6.07, 6.45) is 8.84. The van der Waals surface area contributed by atoms with E-state index in [4.69, 9.17) is 4.74 Å². The van der Waals surface area contributed by atoms with E-state index in [2.05, 4.69) is 24.5 Å². The Labute approximate surface area is 192 Å². The van der Waals surface area contributed by atoms with Crippen molar-refractivity contribution in [3.8, 4) is 0 Å². The number of nitrogens with one attached hydrogen (secondary N) is 2. The van der Waals surface area contributed by atoms with Gasteiger partial charge in [-0.25, -0.2) is 0 Å². The molecule has 4 aliphatic rings. The zero-order chi connectivity index (χ0) is 22.5. The van der Waals surface area contributed by atoms with Crippen molar-refractivity contribution < 1.29 is 14.3 Å². The Balaban J connectivity index is 1.22. The molecule has 5 unspecified atom stereocenters. The zero-order valence-corrected chi connectivity index (χ0v) is 19.8.